The van der Waals surface area contributed by atoms with Gasteiger partial charge in [0, 0.05) is 6.07 Å². The smallest absolute Gasteiger partial charge is 0.181 e. The molecule has 12 heavy (non-hydrogen) atoms. The highest BCUT2D eigenvalue weighted by molar-refractivity contribution is 6.32. The van der Waals surface area contributed by atoms with E-state index in [0.29, 0.717) is 16.5 Å². The minimum atomic E-state index is 0.529. The van der Waals surface area contributed by atoms with Gasteiger partial charge in [0.1, 0.15) is 5.75 Å². The Morgan fingerprint density at radius 1 is 1.58 bits per heavy atom. The molecule has 1 N–H and O–H groups in total. The van der Waals surface area contributed by atoms with Crippen LogP contribution in [0.15, 0.2) is 18.2 Å². The Labute approximate surface area is 75.5 Å². The summed E-state index contributed by atoms with van der Waals surface area (Å²) in [5.41, 5.74) is 0.666. The number of ether oxygens (including phenoxy) is 1. The molecule has 0 atom stereocenters. The molecule has 0 saturated heterocycles. The van der Waals surface area contributed by atoms with Crippen LogP contribution in [0.4, 0.5) is 5.69 Å². The second-order valence-corrected chi connectivity index (χ2v) is 2.49. The number of nitrogens with one attached hydrogen (secondary N) is 1. The SMILES string of the molecule is COc1cc(NC#N)ccc1Cl. The highest BCUT2D eigenvalue weighted by Crippen LogP contribution is 2.26. The van der Waals surface area contributed by atoms with Gasteiger partial charge in [0.2, 0.25) is 0 Å². The molecule has 0 heterocycles. The molecule has 0 aromatic heterocycles. The lowest BCUT2D eigenvalue weighted by Gasteiger charge is -2.03. The van der Waals surface area contributed by atoms with Crippen molar-refractivity contribution in [3.8, 4) is 11.9 Å². The van der Waals surface area contributed by atoms with E-state index in [1.807, 2.05) is 0 Å². The van der Waals surface area contributed by atoms with Crippen molar-refractivity contribution < 1.29 is 4.74 Å². The van der Waals surface area contributed by atoms with E-state index in [-0.39, 0.29) is 0 Å². The Kier molecular flexibility index (Phi) is 2.78. The van der Waals surface area contributed by atoms with Gasteiger partial charge in [-0.05, 0) is 12.1 Å². The van der Waals surface area contributed by atoms with Crippen molar-refractivity contribution in [2.75, 3.05) is 12.4 Å². The van der Waals surface area contributed by atoms with Crippen LogP contribution >= 0.6 is 11.6 Å². The summed E-state index contributed by atoms with van der Waals surface area (Å²) in [6, 6.07) is 5.03. The Bertz CT molecular complexity index is 319. The third-order valence-corrected chi connectivity index (χ3v) is 1.66. The maximum Gasteiger partial charge on any atom is 0.181 e. The summed E-state index contributed by atoms with van der Waals surface area (Å²) in [6.07, 6.45) is 1.81. The summed E-state index contributed by atoms with van der Waals surface area (Å²) in [6.45, 7) is 0. The zero-order chi connectivity index (χ0) is 8.97. The first kappa shape index (κ1) is 8.69. The number of hydrogen-bond donors (Lipinski definition) is 1. The highest BCUT2D eigenvalue weighted by atomic mass is 35.5. The first-order valence-corrected chi connectivity index (χ1v) is 3.64. The largest absolute Gasteiger partial charge is 0.495 e. The monoisotopic (exact) mass is 182 g/mol. The fraction of sp³-hybridized carbons (Fsp3) is 0.125. The van der Waals surface area contributed by atoms with Crippen molar-refractivity contribution in [2.45, 2.75) is 0 Å². The molecule has 0 fully saturated rings. The molecule has 0 bridgehead atoms. The minimum absolute atomic E-state index is 0.529. The van der Waals surface area contributed by atoms with E-state index in [0.717, 1.165) is 0 Å². The third kappa shape index (κ3) is 1.80. The molecule has 0 spiro atoms. The first-order valence-electron chi connectivity index (χ1n) is 3.26. The summed E-state index contributed by atoms with van der Waals surface area (Å²) in [4.78, 5) is 0. The number of halogens is 1. The van der Waals surface area contributed by atoms with Crippen LogP contribution in [0.1, 0.15) is 0 Å². The molecule has 3 nitrogen and oxygen atoms in total. The molecule has 1 aromatic rings. The highest BCUT2D eigenvalue weighted by Gasteiger charge is 2.00. The molecule has 4 heteroatoms. The molecule has 62 valence electrons. The number of rotatable bonds is 2. The summed E-state index contributed by atoms with van der Waals surface area (Å²) >= 11 is 5.76. The fourth-order valence-corrected chi connectivity index (χ4v) is 0.997. The molecular formula is C8H7ClN2O. The van der Waals surface area contributed by atoms with Gasteiger partial charge in [-0.1, -0.05) is 11.6 Å². The van der Waals surface area contributed by atoms with Crippen LogP contribution in [0.3, 0.4) is 0 Å². The van der Waals surface area contributed by atoms with Gasteiger partial charge in [0.15, 0.2) is 6.19 Å². The van der Waals surface area contributed by atoms with Gasteiger partial charge >= 0.3 is 0 Å². The lowest BCUT2D eigenvalue weighted by molar-refractivity contribution is 0.415. The van der Waals surface area contributed by atoms with E-state index in [4.69, 9.17) is 21.6 Å². The zero-order valence-electron chi connectivity index (χ0n) is 6.47. The Hall–Kier alpha value is -1.40. The van der Waals surface area contributed by atoms with Crippen LogP contribution in [0, 0.1) is 11.5 Å². The first-order chi connectivity index (χ1) is 5.77. The lowest BCUT2D eigenvalue weighted by Crippen LogP contribution is -1.89. The van der Waals surface area contributed by atoms with Gasteiger partial charge < -0.3 is 4.74 Å². The van der Waals surface area contributed by atoms with E-state index in [9.17, 15) is 0 Å². The second-order valence-electron chi connectivity index (χ2n) is 2.09. The summed E-state index contributed by atoms with van der Waals surface area (Å²) < 4.78 is 4.95. The Balaban J connectivity index is 2.98. The van der Waals surface area contributed by atoms with Gasteiger partial charge in [0.05, 0.1) is 17.8 Å². The lowest BCUT2D eigenvalue weighted by atomic mass is 10.3. The molecule has 0 unspecified atom stereocenters. The van der Waals surface area contributed by atoms with Gasteiger partial charge in [-0.25, -0.2) is 0 Å². The molecule has 0 aliphatic carbocycles. The maximum absolute atomic E-state index is 8.32. The standard InChI is InChI=1S/C8H7ClN2O/c1-12-8-4-6(11-5-10)2-3-7(8)9/h2-4,11H,1H3. The van der Waals surface area contributed by atoms with Gasteiger partial charge in [-0.15, -0.1) is 0 Å². The molecule has 1 aromatic carbocycles. The number of anilines is 1. The van der Waals surface area contributed by atoms with Gasteiger partial charge in [0.25, 0.3) is 0 Å². The van der Waals surface area contributed by atoms with E-state index in [1.54, 1.807) is 24.4 Å². The van der Waals surface area contributed by atoms with Crippen LogP contribution in [0.5, 0.6) is 5.75 Å². The topological polar surface area (TPSA) is 45.0 Å². The molecule has 0 aliphatic rings. The van der Waals surface area contributed by atoms with Crippen LogP contribution in [-0.4, -0.2) is 7.11 Å². The average molecular weight is 183 g/mol. The van der Waals surface area contributed by atoms with Gasteiger partial charge in [-0.2, -0.15) is 5.26 Å². The minimum Gasteiger partial charge on any atom is -0.495 e. The summed E-state index contributed by atoms with van der Waals surface area (Å²) in [7, 11) is 1.53. The molecule has 0 saturated carbocycles. The molecule has 0 radical (unpaired) electrons. The Morgan fingerprint density at radius 2 is 2.33 bits per heavy atom. The third-order valence-electron chi connectivity index (χ3n) is 1.35. The predicted molar refractivity (Wildman–Crippen MR) is 47.2 cm³/mol. The van der Waals surface area contributed by atoms with E-state index < -0.39 is 0 Å². The van der Waals surface area contributed by atoms with Crippen molar-refractivity contribution in [2.24, 2.45) is 0 Å². The van der Waals surface area contributed by atoms with Crippen LogP contribution in [0.25, 0.3) is 0 Å². The number of benzene rings is 1. The molecule has 0 amide bonds. The van der Waals surface area contributed by atoms with Crippen LogP contribution in [-0.2, 0) is 0 Å². The molecule has 0 aliphatic heterocycles. The van der Waals surface area contributed by atoms with Crippen molar-refractivity contribution in [1.82, 2.24) is 0 Å². The Morgan fingerprint density at radius 3 is 2.92 bits per heavy atom. The molecular weight excluding hydrogens is 176 g/mol. The van der Waals surface area contributed by atoms with Crippen LogP contribution in [0.2, 0.25) is 5.02 Å². The van der Waals surface area contributed by atoms with Crippen molar-refractivity contribution in [3.63, 3.8) is 0 Å². The normalized spacial score (nSPS) is 8.75. The number of hydrogen-bond acceptors (Lipinski definition) is 3. The maximum atomic E-state index is 8.32. The summed E-state index contributed by atoms with van der Waals surface area (Å²) in [5.74, 6) is 0.553. The van der Waals surface area contributed by atoms with Crippen molar-refractivity contribution >= 4 is 17.3 Å². The van der Waals surface area contributed by atoms with Gasteiger partial charge in [-0.3, -0.25) is 5.32 Å². The van der Waals surface area contributed by atoms with Crippen molar-refractivity contribution in [1.29, 1.82) is 5.26 Å². The number of methoxy groups -OCH3 is 1. The summed E-state index contributed by atoms with van der Waals surface area (Å²) in [5, 5.41) is 11.3. The fourth-order valence-electron chi connectivity index (χ4n) is 0.802. The van der Waals surface area contributed by atoms with E-state index >= 15 is 0 Å². The second kappa shape index (κ2) is 3.84. The molecule has 1 rings (SSSR count). The van der Waals surface area contributed by atoms with Crippen LogP contribution < -0.4 is 10.1 Å². The average Bonchev–Trinajstić information content (AvgIpc) is 2.09. The number of nitriles is 1. The predicted octanol–water partition coefficient (Wildman–Crippen LogP) is 2.24. The van der Waals surface area contributed by atoms with E-state index in [1.165, 1.54) is 7.11 Å². The quantitative estimate of drug-likeness (QED) is 0.564. The zero-order valence-corrected chi connectivity index (χ0v) is 7.22. The van der Waals surface area contributed by atoms with E-state index in [2.05, 4.69) is 5.32 Å². The number of nitrogens with zero attached hydrogens (tertiary/aromatic N) is 1. The van der Waals surface area contributed by atoms with Crippen molar-refractivity contribution in [3.05, 3.63) is 23.2 Å².